The first-order valence-corrected chi connectivity index (χ1v) is 8.74. The number of hydrogen-bond acceptors (Lipinski definition) is 5. The average Bonchev–Trinajstić information content (AvgIpc) is 3.09. The number of phenolic OH excluding ortho intramolecular Hbond substituents is 1. The standard InChI is InChI=1S/C20H20F3N3O2/c1-13(2)26(11-14-8-16(20(21,22)23)10-17(27)9-14)12-18-24-25-19(28-18)15-6-4-3-5-7-15/h3-10,13,27H,11-12H2,1-2H3. The van der Waals surface area contributed by atoms with Gasteiger partial charge in [0, 0.05) is 18.2 Å². The van der Waals surface area contributed by atoms with Crippen molar-refractivity contribution < 1.29 is 22.7 Å². The van der Waals surface area contributed by atoms with E-state index in [2.05, 4.69) is 10.2 Å². The molecule has 0 aliphatic rings. The molecule has 0 saturated carbocycles. The van der Waals surface area contributed by atoms with Gasteiger partial charge in [-0.05, 0) is 49.7 Å². The van der Waals surface area contributed by atoms with Gasteiger partial charge in [-0.2, -0.15) is 13.2 Å². The Kier molecular flexibility index (Phi) is 5.69. The number of rotatable bonds is 6. The lowest BCUT2D eigenvalue weighted by atomic mass is 10.1. The van der Waals surface area contributed by atoms with Crippen LogP contribution in [0.15, 0.2) is 52.9 Å². The molecule has 0 amide bonds. The summed E-state index contributed by atoms with van der Waals surface area (Å²) in [6.45, 7) is 4.30. The maximum absolute atomic E-state index is 13.0. The largest absolute Gasteiger partial charge is 0.508 e. The molecule has 3 aromatic rings. The second kappa shape index (κ2) is 8.02. The summed E-state index contributed by atoms with van der Waals surface area (Å²) in [5, 5.41) is 17.7. The SMILES string of the molecule is CC(C)N(Cc1cc(O)cc(C(F)(F)F)c1)Cc1nnc(-c2ccccc2)o1. The zero-order chi connectivity index (χ0) is 20.3. The lowest BCUT2D eigenvalue weighted by Crippen LogP contribution is -2.30. The van der Waals surface area contributed by atoms with Gasteiger partial charge in [-0.3, -0.25) is 4.90 Å². The Balaban J connectivity index is 1.78. The normalized spacial score (nSPS) is 12.1. The van der Waals surface area contributed by atoms with Crippen molar-refractivity contribution in [3.63, 3.8) is 0 Å². The molecule has 1 aromatic heterocycles. The molecule has 1 N–H and O–H groups in total. The molecule has 1 heterocycles. The van der Waals surface area contributed by atoms with E-state index in [1.54, 1.807) is 0 Å². The summed E-state index contributed by atoms with van der Waals surface area (Å²) in [5.74, 6) is 0.331. The summed E-state index contributed by atoms with van der Waals surface area (Å²) in [7, 11) is 0. The van der Waals surface area contributed by atoms with Gasteiger partial charge in [0.2, 0.25) is 11.8 Å². The molecule has 5 nitrogen and oxygen atoms in total. The van der Waals surface area contributed by atoms with Gasteiger partial charge in [-0.25, -0.2) is 0 Å². The lowest BCUT2D eigenvalue weighted by molar-refractivity contribution is -0.137. The van der Waals surface area contributed by atoms with Crippen LogP contribution in [0.5, 0.6) is 5.75 Å². The third kappa shape index (κ3) is 4.89. The highest BCUT2D eigenvalue weighted by Gasteiger charge is 2.31. The summed E-state index contributed by atoms with van der Waals surface area (Å²) in [6, 6.07) is 12.4. The minimum atomic E-state index is -4.52. The molecule has 148 valence electrons. The van der Waals surface area contributed by atoms with Crippen molar-refractivity contribution in [2.24, 2.45) is 0 Å². The number of nitrogens with zero attached hydrogens (tertiary/aromatic N) is 3. The fourth-order valence-corrected chi connectivity index (χ4v) is 2.77. The van der Waals surface area contributed by atoms with E-state index in [0.717, 1.165) is 11.6 Å². The highest BCUT2D eigenvalue weighted by molar-refractivity contribution is 5.51. The van der Waals surface area contributed by atoms with Crippen LogP contribution in [0.2, 0.25) is 0 Å². The third-order valence-corrected chi connectivity index (χ3v) is 4.25. The van der Waals surface area contributed by atoms with Crippen molar-refractivity contribution in [1.29, 1.82) is 0 Å². The molecule has 0 bridgehead atoms. The number of aromatic nitrogens is 2. The van der Waals surface area contributed by atoms with Crippen LogP contribution in [0.1, 0.15) is 30.9 Å². The molecule has 0 aliphatic heterocycles. The van der Waals surface area contributed by atoms with Crippen molar-refractivity contribution in [2.75, 3.05) is 0 Å². The second-order valence-electron chi connectivity index (χ2n) is 6.75. The maximum atomic E-state index is 13.0. The molecule has 0 radical (unpaired) electrons. The second-order valence-corrected chi connectivity index (χ2v) is 6.75. The molecular formula is C20H20F3N3O2. The summed E-state index contributed by atoms with van der Waals surface area (Å²) in [4.78, 5) is 1.89. The van der Waals surface area contributed by atoms with Crippen LogP contribution < -0.4 is 0 Å². The Hall–Kier alpha value is -2.87. The van der Waals surface area contributed by atoms with Gasteiger partial charge in [-0.15, -0.1) is 10.2 Å². The van der Waals surface area contributed by atoms with Gasteiger partial charge in [0.1, 0.15) is 5.75 Å². The first kappa shape index (κ1) is 19.9. The Morgan fingerprint density at radius 2 is 1.75 bits per heavy atom. The fourth-order valence-electron chi connectivity index (χ4n) is 2.77. The van der Waals surface area contributed by atoms with E-state index in [1.165, 1.54) is 6.07 Å². The zero-order valence-electron chi connectivity index (χ0n) is 15.4. The van der Waals surface area contributed by atoms with Gasteiger partial charge in [0.15, 0.2) is 0 Å². The Morgan fingerprint density at radius 1 is 1.04 bits per heavy atom. The molecule has 2 aromatic carbocycles. The smallest absolute Gasteiger partial charge is 0.416 e. The van der Waals surface area contributed by atoms with E-state index in [9.17, 15) is 18.3 Å². The van der Waals surface area contributed by atoms with Crippen LogP contribution in [-0.4, -0.2) is 26.2 Å². The summed E-state index contributed by atoms with van der Waals surface area (Å²) in [5.41, 5.74) is 0.263. The third-order valence-electron chi connectivity index (χ3n) is 4.25. The van der Waals surface area contributed by atoms with E-state index >= 15 is 0 Å². The van der Waals surface area contributed by atoms with Crippen LogP contribution in [-0.2, 0) is 19.3 Å². The Morgan fingerprint density at radius 3 is 2.39 bits per heavy atom. The molecular weight excluding hydrogens is 371 g/mol. The van der Waals surface area contributed by atoms with Crippen molar-refractivity contribution in [3.8, 4) is 17.2 Å². The molecule has 0 atom stereocenters. The predicted octanol–water partition coefficient (Wildman–Crippen LogP) is 4.87. The van der Waals surface area contributed by atoms with Crippen LogP contribution in [0.4, 0.5) is 13.2 Å². The van der Waals surface area contributed by atoms with Crippen LogP contribution in [0.3, 0.4) is 0 Å². The van der Waals surface area contributed by atoms with E-state index in [0.29, 0.717) is 23.4 Å². The quantitative estimate of drug-likeness (QED) is 0.649. The van der Waals surface area contributed by atoms with E-state index in [-0.39, 0.29) is 19.1 Å². The molecule has 0 saturated heterocycles. The molecule has 3 rings (SSSR count). The maximum Gasteiger partial charge on any atom is 0.416 e. The van der Waals surface area contributed by atoms with Crippen molar-refractivity contribution in [1.82, 2.24) is 15.1 Å². The topological polar surface area (TPSA) is 62.4 Å². The Bertz CT molecular complexity index is 924. The fraction of sp³-hybridized carbons (Fsp3) is 0.300. The highest BCUT2D eigenvalue weighted by Crippen LogP contribution is 2.33. The minimum Gasteiger partial charge on any atom is -0.508 e. The lowest BCUT2D eigenvalue weighted by Gasteiger charge is -2.25. The van der Waals surface area contributed by atoms with Crippen LogP contribution >= 0.6 is 0 Å². The first-order valence-electron chi connectivity index (χ1n) is 8.74. The van der Waals surface area contributed by atoms with Gasteiger partial charge in [0.05, 0.1) is 12.1 Å². The molecule has 0 fully saturated rings. The van der Waals surface area contributed by atoms with E-state index in [1.807, 2.05) is 49.1 Å². The number of halogens is 3. The van der Waals surface area contributed by atoms with Crippen molar-refractivity contribution in [2.45, 2.75) is 39.2 Å². The van der Waals surface area contributed by atoms with Crippen molar-refractivity contribution in [3.05, 3.63) is 65.5 Å². The molecule has 0 spiro atoms. The van der Waals surface area contributed by atoms with Gasteiger partial charge >= 0.3 is 6.18 Å². The van der Waals surface area contributed by atoms with Crippen LogP contribution in [0, 0.1) is 0 Å². The van der Waals surface area contributed by atoms with Gasteiger partial charge in [-0.1, -0.05) is 18.2 Å². The predicted molar refractivity (Wildman–Crippen MR) is 97.2 cm³/mol. The molecule has 0 aliphatic carbocycles. The minimum absolute atomic E-state index is 0.00348. The first-order chi connectivity index (χ1) is 13.2. The highest BCUT2D eigenvalue weighted by atomic mass is 19.4. The average molecular weight is 391 g/mol. The monoisotopic (exact) mass is 391 g/mol. The molecule has 0 unspecified atom stereocenters. The van der Waals surface area contributed by atoms with Crippen molar-refractivity contribution >= 4 is 0 Å². The number of aromatic hydroxyl groups is 1. The molecule has 8 heteroatoms. The summed E-state index contributed by atoms with van der Waals surface area (Å²) >= 11 is 0. The summed E-state index contributed by atoms with van der Waals surface area (Å²) in [6.07, 6.45) is -4.52. The number of benzene rings is 2. The number of alkyl halides is 3. The van der Waals surface area contributed by atoms with Crippen LogP contribution in [0.25, 0.3) is 11.5 Å². The summed E-state index contributed by atoms with van der Waals surface area (Å²) < 4.78 is 44.7. The van der Waals surface area contributed by atoms with E-state index in [4.69, 9.17) is 4.42 Å². The molecule has 28 heavy (non-hydrogen) atoms. The van der Waals surface area contributed by atoms with E-state index < -0.39 is 17.5 Å². The number of phenols is 1. The Labute approximate surface area is 160 Å². The van der Waals surface area contributed by atoms with Gasteiger partial charge < -0.3 is 9.52 Å². The van der Waals surface area contributed by atoms with Gasteiger partial charge in [0.25, 0.3) is 0 Å². The number of hydrogen-bond donors (Lipinski definition) is 1. The zero-order valence-corrected chi connectivity index (χ0v) is 15.4.